The zero-order valence-corrected chi connectivity index (χ0v) is 14.8. The molecule has 3 N–H and O–H groups in total. The van der Waals surface area contributed by atoms with Crippen LogP contribution >= 0.6 is 0 Å². The van der Waals surface area contributed by atoms with Crippen molar-refractivity contribution in [3.63, 3.8) is 0 Å². The summed E-state index contributed by atoms with van der Waals surface area (Å²) in [6, 6.07) is 9.55. The van der Waals surface area contributed by atoms with Crippen molar-refractivity contribution in [2.45, 2.75) is 13.8 Å². The first-order valence-corrected chi connectivity index (χ1v) is 8.34. The molecule has 0 bridgehead atoms. The van der Waals surface area contributed by atoms with E-state index in [1.54, 1.807) is 0 Å². The van der Waals surface area contributed by atoms with Crippen LogP contribution < -0.4 is 10.2 Å². The number of rotatable bonds is 10. The van der Waals surface area contributed by atoms with Crippen molar-refractivity contribution >= 4 is 17.3 Å². The van der Waals surface area contributed by atoms with Crippen molar-refractivity contribution in [1.29, 1.82) is 5.26 Å². The minimum Gasteiger partial charge on any atom is -0.395 e. The molecule has 0 saturated heterocycles. The molecule has 1 aromatic rings. The third kappa shape index (κ3) is 6.10. The number of carbonyl (C=O) groups is 1. The first-order valence-electron chi connectivity index (χ1n) is 8.34. The summed E-state index contributed by atoms with van der Waals surface area (Å²) in [6.45, 7) is 5.69. The first kappa shape index (κ1) is 20.5. The van der Waals surface area contributed by atoms with Gasteiger partial charge in [0.15, 0.2) is 0 Å². The molecule has 0 atom stereocenters. The zero-order chi connectivity index (χ0) is 18.7. The van der Waals surface area contributed by atoms with Crippen molar-refractivity contribution < 1.29 is 15.0 Å². The van der Waals surface area contributed by atoms with E-state index in [-0.39, 0.29) is 31.9 Å². The summed E-state index contributed by atoms with van der Waals surface area (Å²) < 4.78 is 0. The normalized spacial score (nSPS) is 10.9. The highest BCUT2D eigenvalue weighted by Gasteiger charge is 2.17. The van der Waals surface area contributed by atoms with E-state index in [4.69, 9.17) is 10.2 Å². The number of nitriles is 1. The van der Waals surface area contributed by atoms with Crippen molar-refractivity contribution in [2.24, 2.45) is 0 Å². The first-order chi connectivity index (χ1) is 12.1. The van der Waals surface area contributed by atoms with E-state index in [0.29, 0.717) is 0 Å². The molecule has 0 aromatic heterocycles. The van der Waals surface area contributed by atoms with Gasteiger partial charge in [-0.15, -0.1) is 0 Å². The average Bonchev–Trinajstić information content (AvgIpc) is 2.64. The highest BCUT2D eigenvalue weighted by atomic mass is 16.3. The molecule has 0 spiro atoms. The predicted octanol–water partition coefficient (Wildman–Crippen LogP) is 1.17. The second-order valence-corrected chi connectivity index (χ2v) is 5.27. The van der Waals surface area contributed by atoms with Crippen LogP contribution in [0.5, 0.6) is 0 Å². The Bertz CT molecular complexity index is 598. The smallest absolute Gasteiger partial charge is 0.266 e. The highest BCUT2D eigenvalue weighted by molar-refractivity contribution is 5.97. The fourth-order valence-electron chi connectivity index (χ4n) is 2.38. The van der Waals surface area contributed by atoms with Gasteiger partial charge in [-0.05, 0) is 38.1 Å². The quantitative estimate of drug-likeness (QED) is 0.434. The lowest BCUT2D eigenvalue weighted by atomic mass is 10.2. The van der Waals surface area contributed by atoms with Crippen LogP contribution in [0, 0.1) is 11.3 Å². The SMILES string of the molecule is CCN(CC)c1ccc(N/C=C(/C#N)C(=O)N(CCO)CCO)cc1. The molecule has 0 unspecified atom stereocenters. The van der Waals surface area contributed by atoms with Gasteiger partial charge in [-0.3, -0.25) is 4.79 Å². The summed E-state index contributed by atoms with van der Waals surface area (Å²) >= 11 is 0. The molecule has 0 aliphatic rings. The second-order valence-electron chi connectivity index (χ2n) is 5.27. The van der Waals surface area contributed by atoms with Gasteiger partial charge in [0.1, 0.15) is 11.6 Å². The van der Waals surface area contributed by atoms with Crippen LogP contribution in [0.3, 0.4) is 0 Å². The summed E-state index contributed by atoms with van der Waals surface area (Å²) in [4.78, 5) is 15.7. The van der Waals surface area contributed by atoms with Gasteiger partial charge in [0, 0.05) is 43.8 Å². The number of carbonyl (C=O) groups excluding carboxylic acids is 1. The molecule has 0 aliphatic heterocycles. The van der Waals surface area contributed by atoms with E-state index in [2.05, 4.69) is 24.1 Å². The largest absolute Gasteiger partial charge is 0.395 e. The third-order valence-electron chi connectivity index (χ3n) is 3.76. The Kier molecular flexibility index (Phi) is 9.07. The van der Waals surface area contributed by atoms with Crippen LogP contribution in [-0.4, -0.2) is 60.4 Å². The van der Waals surface area contributed by atoms with E-state index in [9.17, 15) is 10.1 Å². The van der Waals surface area contributed by atoms with Gasteiger partial charge in [-0.2, -0.15) is 5.26 Å². The molecule has 25 heavy (non-hydrogen) atoms. The van der Waals surface area contributed by atoms with Gasteiger partial charge in [-0.1, -0.05) is 0 Å². The number of hydrogen-bond acceptors (Lipinski definition) is 6. The van der Waals surface area contributed by atoms with E-state index in [0.717, 1.165) is 24.5 Å². The van der Waals surface area contributed by atoms with Crippen LogP contribution in [0.4, 0.5) is 11.4 Å². The van der Waals surface area contributed by atoms with Crippen LogP contribution in [0.15, 0.2) is 36.0 Å². The topological polar surface area (TPSA) is 99.8 Å². The highest BCUT2D eigenvalue weighted by Crippen LogP contribution is 2.18. The molecule has 136 valence electrons. The number of amides is 1. The zero-order valence-electron chi connectivity index (χ0n) is 14.8. The van der Waals surface area contributed by atoms with Crippen molar-refractivity contribution in [3.8, 4) is 6.07 Å². The van der Waals surface area contributed by atoms with Crippen molar-refractivity contribution in [1.82, 2.24) is 4.90 Å². The molecule has 0 aliphatic carbocycles. The average molecular weight is 346 g/mol. The lowest BCUT2D eigenvalue weighted by molar-refractivity contribution is -0.127. The molecule has 1 aromatic carbocycles. The standard InChI is InChI=1S/C18H26N4O3/c1-3-21(4-2)17-7-5-16(6-8-17)20-14-15(13-19)18(25)22(9-11-23)10-12-24/h5-8,14,20,23-24H,3-4,9-12H2,1-2H3/b15-14-. The maximum atomic E-state index is 12.3. The Morgan fingerprint density at radius 2 is 1.72 bits per heavy atom. The monoisotopic (exact) mass is 346 g/mol. The number of aliphatic hydroxyl groups is 2. The molecule has 1 amide bonds. The summed E-state index contributed by atoms with van der Waals surface area (Å²) in [5.74, 6) is -0.530. The number of nitrogens with zero attached hydrogens (tertiary/aromatic N) is 3. The number of benzene rings is 1. The maximum absolute atomic E-state index is 12.3. The molecule has 7 heteroatoms. The Labute approximate surface area is 148 Å². The van der Waals surface area contributed by atoms with Gasteiger partial charge in [-0.25, -0.2) is 0 Å². The number of anilines is 2. The van der Waals surface area contributed by atoms with Crippen LogP contribution in [0.2, 0.25) is 0 Å². The number of hydrogen-bond donors (Lipinski definition) is 3. The second kappa shape index (κ2) is 11.1. The number of aliphatic hydroxyl groups excluding tert-OH is 2. The van der Waals surface area contributed by atoms with Gasteiger partial charge >= 0.3 is 0 Å². The van der Waals surface area contributed by atoms with Crippen LogP contribution in [0.25, 0.3) is 0 Å². The molecule has 0 heterocycles. The summed E-state index contributed by atoms with van der Waals surface area (Å²) in [5, 5.41) is 30.1. The Balaban J connectivity index is 2.83. The Hall–Kier alpha value is -2.56. The third-order valence-corrected chi connectivity index (χ3v) is 3.76. The fraction of sp³-hybridized carbons (Fsp3) is 0.444. The maximum Gasteiger partial charge on any atom is 0.266 e. The molecule has 1 rings (SSSR count). The van der Waals surface area contributed by atoms with Crippen LogP contribution in [0.1, 0.15) is 13.8 Å². The molecule has 7 nitrogen and oxygen atoms in total. The molecular weight excluding hydrogens is 320 g/mol. The minimum absolute atomic E-state index is 0.0664. The van der Waals surface area contributed by atoms with E-state index in [1.807, 2.05) is 30.3 Å². The lowest BCUT2D eigenvalue weighted by Gasteiger charge is -2.21. The fourth-order valence-corrected chi connectivity index (χ4v) is 2.38. The van der Waals surface area contributed by atoms with E-state index < -0.39 is 5.91 Å². The van der Waals surface area contributed by atoms with Crippen molar-refractivity contribution in [2.75, 3.05) is 49.6 Å². The predicted molar refractivity (Wildman–Crippen MR) is 98.1 cm³/mol. The molecule has 0 radical (unpaired) electrons. The van der Waals surface area contributed by atoms with Crippen LogP contribution in [-0.2, 0) is 4.79 Å². The van der Waals surface area contributed by atoms with Crippen molar-refractivity contribution in [3.05, 3.63) is 36.0 Å². The van der Waals surface area contributed by atoms with E-state index >= 15 is 0 Å². The summed E-state index contributed by atoms with van der Waals surface area (Å²) in [7, 11) is 0. The van der Waals surface area contributed by atoms with Gasteiger partial charge in [0.2, 0.25) is 0 Å². The number of nitrogens with one attached hydrogen (secondary N) is 1. The minimum atomic E-state index is -0.530. The summed E-state index contributed by atoms with van der Waals surface area (Å²) in [5.41, 5.74) is 1.77. The van der Waals surface area contributed by atoms with Gasteiger partial charge < -0.3 is 25.3 Å². The van der Waals surface area contributed by atoms with Gasteiger partial charge in [0.05, 0.1) is 13.2 Å². The molecule has 0 fully saturated rings. The Morgan fingerprint density at radius 3 is 2.16 bits per heavy atom. The lowest BCUT2D eigenvalue weighted by Crippen LogP contribution is -2.36. The molecular formula is C18H26N4O3. The molecule has 0 saturated carbocycles. The van der Waals surface area contributed by atoms with Gasteiger partial charge in [0.25, 0.3) is 5.91 Å². The summed E-state index contributed by atoms with van der Waals surface area (Å²) in [6.07, 6.45) is 1.34. The van der Waals surface area contributed by atoms with E-state index in [1.165, 1.54) is 11.1 Å². The Morgan fingerprint density at radius 1 is 1.16 bits per heavy atom.